The minimum atomic E-state index is -0.00237. The van der Waals surface area contributed by atoms with Gasteiger partial charge in [0.05, 0.1) is 19.3 Å². The Morgan fingerprint density at radius 1 is 1.80 bits per heavy atom. The SMILES string of the molecule is CC(=O)NCC1COc2c(C)cnn2C1. The number of ether oxygens (including phenoxy) is 1. The Kier molecular flexibility index (Phi) is 2.62. The summed E-state index contributed by atoms with van der Waals surface area (Å²) in [5.74, 6) is 1.16. The van der Waals surface area contributed by atoms with Gasteiger partial charge in [-0.25, -0.2) is 4.68 Å². The van der Waals surface area contributed by atoms with Gasteiger partial charge in [-0.05, 0) is 6.92 Å². The van der Waals surface area contributed by atoms with E-state index in [4.69, 9.17) is 4.74 Å². The molecule has 0 saturated carbocycles. The summed E-state index contributed by atoms with van der Waals surface area (Å²) in [4.78, 5) is 10.8. The zero-order valence-electron chi connectivity index (χ0n) is 8.99. The van der Waals surface area contributed by atoms with Crippen molar-refractivity contribution >= 4 is 5.91 Å². The molecule has 1 aliphatic heterocycles. The quantitative estimate of drug-likeness (QED) is 0.764. The largest absolute Gasteiger partial charge is 0.477 e. The second kappa shape index (κ2) is 3.92. The molecule has 2 heterocycles. The smallest absolute Gasteiger partial charge is 0.216 e. The van der Waals surface area contributed by atoms with Crippen LogP contribution in [0.3, 0.4) is 0 Å². The molecule has 1 amide bonds. The van der Waals surface area contributed by atoms with E-state index in [1.807, 2.05) is 11.6 Å². The van der Waals surface area contributed by atoms with E-state index in [1.54, 1.807) is 6.20 Å². The van der Waals surface area contributed by atoms with Crippen molar-refractivity contribution in [2.45, 2.75) is 20.4 Å². The van der Waals surface area contributed by atoms with Gasteiger partial charge >= 0.3 is 0 Å². The van der Waals surface area contributed by atoms with Gasteiger partial charge in [0.2, 0.25) is 11.8 Å². The summed E-state index contributed by atoms with van der Waals surface area (Å²) in [6.45, 7) is 5.60. The zero-order valence-corrected chi connectivity index (χ0v) is 8.99. The fourth-order valence-corrected chi connectivity index (χ4v) is 1.69. The molecule has 15 heavy (non-hydrogen) atoms. The fourth-order valence-electron chi connectivity index (χ4n) is 1.69. The third kappa shape index (κ3) is 2.11. The number of nitrogens with zero attached hydrogens (tertiary/aromatic N) is 2. The van der Waals surface area contributed by atoms with Crippen LogP contribution in [0.5, 0.6) is 5.88 Å². The Balaban J connectivity index is 1.97. The van der Waals surface area contributed by atoms with E-state index in [1.165, 1.54) is 6.92 Å². The molecular weight excluding hydrogens is 194 g/mol. The van der Waals surface area contributed by atoms with Crippen LogP contribution in [-0.4, -0.2) is 28.8 Å². The van der Waals surface area contributed by atoms with Crippen LogP contribution < -0.4 is 10.1 Å². The average molecular weight is 209 g/mol. The molecule has 0 aromatic carbocycles. The molecule has 5 heteroatoms. The standard InChI is InChI=1S/C10H15N3O2/c1-7-3-12-13-5-9(4-11-8(2)14)6-15-10(7)13/h3,9H,4-6H2,1-2H3,(H,11,14). The van der Waals surface area contributed by atoms with Gasteiger partial charge in [0.25, 0.3) is 0 Å². The topological polar surface area (TPSA) is 56.1 Å². The number of aryl methyl sites for hydroxylation is 1. The van der Waals surface area contributed by atoms with Crippen LogP contribution >= 0.6 is 0 Å². The highest BCUT2D eigenvalue weighted by Gasteiger charge is 2.21. The van der Waals surface area contributed by atoms with E-state index in [-0.39, 0.29) is 5.91 Å². The minimum Gasteiger partial charge on any atom is -0.477 e. The van der Waals surface area contributed by atoms with Crippen molar-refractivity contribution in [3.8, 4) is 5.88 Å². The monoisotopic (exact) mass is 209 g/mol. The fraction of sp³-hybridized carbons (Fsp3) is 0.600. The number of fused-ring (bicyclic) bond motifs is 1. The number of nitrogens with one attached hydrogen (secondary N) is 1. The van der Waals surface area contributed by atoms with Gasteiger partial charge in [-0.1, -0.05) is 0 Å². The van der Waals surface area contributed by atoms with Crippen LogP contribution in [0.1, 0.15) is 12.5 Å². The molecule has 0 radical (unpaired) electrons. The summed E-state index contributed by atoms with van der Waals surface area (Å²) in [5.41, 5.74) is 1.06. The van der Waals surface area contributed by atoms with Crippen molar-refractivity contribution in [2.24, 2.45) is 5.92 Å². The van der Waals surface area contributed by atoms with Crippen LogP contribution in [0, 0.1) is 12.8 Å². The second-order valence-corrected chi connectivity index (χ2v) is 3.93. The van der Waals surface area contributed by atoms with Gasteiger partial charge in [0.1, 0.15) is 0 Å². The van der Waals surface area contributed by atoms with E-state index < -0.39 is 0 Å². The van der Waals surface area contributed by atoms with Gasteiger partial charge in [0.15, 0.2) is 0 Å². The van der Waals surface area contributed by atoms with Crippen molar-refractivity contribution in [2.75, 3.05) is 13.2 Å². The maximum atomic E-state index is 10.8. The summed E-state index contributed by atoms with van der Waals surface area (Å²) in [5, 5.41) is 7.01. The highest BCUT2D eigenvalue weighted by atomic mass is 16.5. The maximum Gasteiger partial charge on any atom is 0.216 e. The summed E-state index contributed by atoms with van der Waals surface area (Å²) in [6.07, 6.45) is 1.80. The number of carbonyl (C=O) groups is 1. The van der Waals surface area contributed by atoms with Crippen LogP contribution in [0.15, 0.2) is 6.20 Å². The Hall–Kier alpha value is -1.52. The molecule has 0 aliphatic carbocycles. The minimum absolute atomic E-state index is 0.00237. The molecule has 1 aromatic rings. The molecule has 82 valence electrons. The third-order valence-corrected chi connectivity index (χ3v) is 2.49. The van der Waals surface area contributed by atoms with Crippen molar-refractivity contribution in [3.63, 3.8) is 0 Å². The van der Waals surface area contributed by atoms with E-state index in [9.17, 15) is 4.79 Å². The highest BCUT2D eigenvalue weighted by Crippen LogP contribution is 2.23. The zero-order chi connectivity index (χ0) is 10.8. The Morgan fingerprint density at radius 3 is 3.33 bits per heavy atom. The molecule has 1 unspecified atom stereocenters. The summed E-state index contributed by atoms with van der Waals surface area (Å²) in [7, 11) is 0. The third-order valence-electron chi connectivity index (χ3n) is 2.49. The van der Waals surface area contributed by atoms with Gasteiger partial charge in [-0.2, -0.15) is 5.10 Å². The van der Waals surface area contributed by atoms with Crippen molar-refractivity contribution < 1.29 is 9.53 Å². The van der Waals surface area contributed by atoms with Gasteiger partial charge in [-0.3, -0.25) is 4.79 Å². The van der Waals surface area contributed by atoms with Crippen molar-refractivity contribution in [1.82, 2.24) is 15.1 Å². The number of rotatable bonds is 2. The lowest BCUT2D eigenvalue weighted by Gasteiger charge is -2.24. The molecule has 1 N–H and O–H groups in total. The first-order valence-corrected chi connectivity index (χ1v) is 5.06. The summed E-state index contributed by atoms with van der Waals surface area (Å²) in [6, 6.07) is 0. The Morgan fingerprint density at radius 2 is 2.60 bits per heavy atom. The van der Waals surface area contributed by atoms with Gasteiger partial charge in [-0.15, -0.1) is 0 Å². The van der Waals surface area contributed by atoms with Crippen LogP contribution in [0.2, 0.25) is 0 Å². The first-order chi connectivity index (χ1) is 7.16. The number of carbonyl (C=O) groups excluding carboxylic acids is 1. The Labute approximate surface area is 88.4 Å². The van der Waals surface area contributed by atoms with E-state index in [2.05, 4.69) is 10.4 Å². The molecule has 1 aliphatic rings. The van der Waals surface area contributed by atoms with Gasteiger partial charge in [0, 0.05) is 24.9 Å². The van der Waals surface area contributed by atoms with Crippen molar-refractivity contribution in [3.05, 3.63) is 11.8 Å². The first kappa shape index (κ1) is 10.0. The second-order valence-electron chi connectivity index (χ2n) is 3.93. The predicted octanol–water partition coefficient (Wildman–Crippen LogP) is 0.336. The lowest BCUT2D eigenvalue weighted by atomic mass is 10.1. The molecule has 0 bridgehead atoms. The highest BCUT2D eigenvalue weighted by molar-refractivity contribution is 5.72. The lowest BCUT2D eigenvalue weighted by Crippen LogP contribution is -2.35. The van der Waals surface area contributed by atoms with E-state index in [0.717, 1.165) is 18.0 Å². The summed E-state index contributed by atoms with van der Waals surface area (Å²) < 4.78 is 7.44. The molecule has 1 atom stereocenters. The molecule has 0 fully saturated rings. The normalized spacial score (nSPS) is 19.2. The number of amides is 1. The Bertz CT molecular complexity index is 373. The molecule has 2 rings (SSSR count). The molecule has 0 saturated heterocycles. The predicted molar refractivity (Wildman–Crippen MR) is 54.6 cm³/mol. The number of aromatic nitrogens is 2. The molecular formula is C10H15N3O2. The number of hydrogen-bond donors (Lipinski definition) is 1. The van der Waals surface area contributed by atoms with Crippen LogP contribution in [0.4, 0.5) is 0 Å². The first-order valence-electron chi connectivity index (χ1n) is 5.06. The molecule has 5 nitrogen and oxygen atoms in total. The lowest BCUT2D eigenvalue weighted by molar-refractivity contribution is -0.119. The number of hydrogen-bond acceptors (Lipinski definition) is 3. The van der Waals surface area contributed by atoms with Crippen LogP contribution in [0.25, 0.3) is 0 Å². The van der Waals surface area contributed by atoms with Crippen LogP contribution in [-0.2, 0) is 11.3 Å². The van der Waals surface area contributed by atoms with Crippen molar-refractivity contribution in [1.29, 1.82) is 0 Å². The van der Waals surface area contributed by atoms with Gasteiger partial charge < -0.3 is 10.1 Å². The molecule has 0 spiro atoms. The molecule has 1 aromatic heterocycles. The van der Waals surface area contributed by atoms with E-state index >= 15 is 0 Å². The van der Waals surface area contributed by atoms with E-state index in [0.29, 0.717) is 19.1 Å². The summed E-state index contributed by atoms with van der Waals surface area (Å²) >= 11 is 0. The average Bonchev–Trinajstić information content (AvgIpc) is 2.57. The maximum absolute atomic E-state index is 10.8.